The third-order valence-electron chi connectivity index (χ3n) is 5.05. The number of nitrogens with zero attached hydrogens (tertiary/aromatic N) is 1. The van der Waals surface area contributed by atoms with Crippen molar-refractivity contribution >= 4 is 11.8 Å². The summed E-state index contributed by atoms with van der Waals surface area (Å²) in [6, 6.07) is 3.41. The van der Waals surface area contributed by atoms with E-state index in [0.717, 1.165) is 6.42 Å². The van der Waals surface area contributed by atoms with Crippen molar-refractivity contribution in [1.29, 1.82) is 0 Å². The molecule has 1 saturated carbocycles. The third kappa shape index (κ3) is 6.41. The lowest BCUT2D eigenvalue weighted by molar-refractivity contribution is -0.131. The second-order valence-electron chi connectivity index (χ2n) is 7.52. The number of carbonyl (C=O) groups is 2. The van der Waals surface area contributed by atoms with Gasteiger partial charge in [-0.05, 0) is 42.7 Å². The molecule has 0 saturated heterocycles. The van der Waals surface area contributed by atoms with Crippen LogP contribution < -0.4 is 10.6 Å². The van der Waals surface area contributed by atoms with Gasteiger partial charge < -0.3 is 15.4 Å². The van der Waals surface area contributed by atoms with Crippen LogP contribution in [0.4, 0.5) is 0 Å². The van der Waals surface area contributed by atoms with Gasteiger partial charge in [0.25, 0.3) is 5.91 Å². The third-order valence-corrected chi connectivity index (χ3v) is 5.05. The molecule has 1 aliphatic carbocycles. The van der Waals surface area contributed by atoms with Crippen molar-refractivity contribution in [3.63, 3.8) is 0 Å². The molecule has 1 aromatic rings. The number of ether oxygens (including phenoxy) is 1. The smallest absolute Gasteiger partial charge is 0.252 e. The number of rotatable bonds is 8. The first-order chi connectivity index (χ1) is 12.5. The van der Waals surface area contributed by atoms with Crippen molar-refractivity contribution in [2.75, 3.05) is 19.7 Å². The topological polar surface area (TPSA) is 80.3 Å². The maximum Gasteiger partial charge on any atom is 0.252 e. The average Bonchev–Trinajstić information content (AvgIpc) is 2.64. The molecule has 2 amide bonds. The molecule has 6 nitrogen and oxygen atoms in total. The maximum absolute atomic E-state index is 12.0. The summed E-state index contributed by atoms with van der Waals surface area (Å²) in [6.45, 7) is 7.52. The molecule has 1 heterocycles. The van der Waals surface area contributed by atoms with E-state index >= 15 is 0 Å². The summed E-state index contributed by atoms with van der Waals surface area (Å²) in [6.07, 6.45) is 6.73. The van der Waals surface area contributed by atoms with E-state index in [0.29, 0.717) is 36.4 Å². The van der Waals surface area contributed by atoms with Gasteiger partial charge in [0.1, 0.15) is 6.61 Å². The van der Waals surface area contributed by atoms with Crippen molar-refractivity contribution in [3.05, 3.63) is 30.1 Å². The van der Waals surface area contributed by atoms with Crippen LogP contribution in [0.2, 0.25) is 0 Å². The monoisotopic (exact) mass is 361 g/mol. The van der Waals surface area contributed by atoms with E-state index in [1.807, 2.05) is 0 Å². The van der Waals surface area contributed by atoms with Crippen molar-refractivity contribution in [2.24, 2.45) is 17.8 Å². The Morgan fingerprint density at radius 2 is 2.04 bits per heavy atom. The molecule has 0 aromatic carbocycles. The number of aromatic nitrogens is 1. The van der Waals surface area contributed by atoms with Crippen LogP contribution in [0.25, 0.3) is 0 Å². The molecule has 1 aliphatic rings. The van der Waals surface area contributed by atoms with Gasteiger partial charge in [0.05, 0.1) is 11.7 Å². The number of amides is 2. The summed E-state index contributed by atoms with van der Waals surface area (Å²) in [5.41, 5.74) is 0.508. The summed E-state index contributed by atoms with van der Waals surface area (Å²) in [7, 11) is 0. The highest BCUT2D eigenvalue weighted by Crippen LogP contribution is 2.35. The molecule has 0 spiro atoms. The Bertz CT molecular complexity index is 577. The summed E-state index contributed by atoms with van der Waals surface area (Å²) in [5, 5.41) is 5.54. The van der Waals surface area contributed by atoms with Crippen molar-refractivity contribution in [3.8, 4) is 0 Å². The van der Waals surface area contributed by atoms with E-state index in [1.54, 1.807) is 18.3 Å². The number of hydrogen-bond acceptors (Lipinski definition) is 4. The molecule has 2 N–H and O–H groups in total. The molecular weight excluding hydrogens is 330 g/mol. The Hall–Kier alpha value is -1.95. The molecule has 1 fully saturated rings. The predicted molar refractivity (Wildman–Crippen MR) is 101 cm³/mol. The zero-order chi connectivity index (χ0) is 18.9. The lowest BCUT2D eigenvalue weighted by Gasteiger charge is -2.37. The Morgan fingerprint density at radius 1 is 1.27 bits per heavy atom. The van der Waals surface area contributed by atoms with E-state index in [2.05, 4.69) is 36.4 Å². The molecule has 26 heavy (non-hydrogen) atoms. The Kier molecular flexibility index (Phi) is 8.04. The summed E-state index contributed by atoms with van der Waals surface area (Å²) in [5.74, 6) is 1.41. The zero-order valence-corrected chi connectivity index (χ0v) is 16.0. The van der Waals surface area contributed by atoms with Gasteiger partial charge in [-0.2, -0.15) is 0 Å². The Balaban J connectivity index is 1.64. The average molecular weight is 361 g/mol. The first-order valence-electron chi connectivity index (χ1n) is 9.54. The number of carbonyl (C=O) groups excluding carboxylic acids is 2. The van der Waals surface area contributed by atoms with Crippen LogP contribution in [-0.2, 0) is 9.53 Å². The summed E-state index contributed by atoms with van der Waals surface area (Å²) < 4.78 is 5.93. The van der Waals surface area contributed by atoms with Crippen LogP contribution in [-0.4, -0.2) is 42.6 Å². The van der Waals surface area contributed by atoms with Gasteiger partial charge in [-0.15, -0.1) is 0 Å². The number of nitrogens with one attached hydrogen (secondary N) is 2. The normalized spacial score (nSPS) is 22.8. The van der Waals surface area contributed by atoms with Crippen LogP contribution in [0, 0.1) is 17.8 Å². The maximum atomic E-state index is 12.0. The SMILES string of the molecule is CC(C)[C@H]1CC[C@@H](C)C[C@H]1OCC(=O)NCCNC(=O)c1cccnc1. The van der Waals surface area contributed by atoms with E-state index in [-0.39, 0.29) is 24.5 Å². The second-order valence-corrected chi connectivity index (χ2v) is 7.52. The molecule has 144 valence electrons. The number of hydrogen-bond donors (Lipinski definition) is 2. The van der Waals surface area contributed by atoms with Gasteiger partial charge in [-0.25, -0.2) is 0 Å². The Morgan fingerprint density at radius 3 is 2.73 bits per heavy atom. The Labute approximate surface area is 156 Å². The molecule has 1 aromatic heterocycles. The zero-order valence-electron chi connectivity index (χ0n) is 16.0. The van der Waals surface area contributed by atoms with Crippen LogP contribution in [0.15, 0.2) is 24.5 Å². The van der Waals surface area contributed by atoms with Gasteiger partial charge in [0.2, 0.25) is 5.91 Å². The van der Waals surface area contributed by atoms with E-state index in [9.17, 15) is 9.59 Å². The molecule has 0 aliphatic heterocycles. The lowest BCUT2D eigenvalue weighted by atomic mass is 9.75. The highest BCUT2D eigenvalue weighted by Gasteiger charge is 2.31. The van der Waals surface area contributed by atoms with Crippen LogP contribution in [0.1, 0.15) is 50.4 Å². The summed E-state index contributed by atoms with van der Waals surface area (Å²) in [4.78, 5) is 27.8. The first-order valence-corrected chi connectivity index (χ1v) is 9.54. The van der Waals surface area contributed by atoms with Crippen molar-refractivity contribution in [1.82, 2.24) is 15.6 Å². The first kappa shape index (κ1) is 20.4. The minimum atomic E-state index is -0.195. The largest absolute Gasteiger partial charge is 0.368 e. The molecule has 0 unspecified atom stereocenters. The predicted octanol–water partition coefficient (Wildman–Crippen LogP) is 2.40. The van der Waals surface area contributed by atoms with Gasteiger partial charge in [0, 0.05) is 25.5 Å². The minimum absolute atomic E-state index is 0.0805. The van der Waals surface area contributed by atoms with Crippen LogP contribution >= 0.6 is 0 Å². The van der Waals surface area contributed by atoms with E-state index < -0.39 is 0 Å². The molecule has 3 atom stereocenters. The molecular formula is C20H31N3O3. The highest BCUT2D eigenvalue weighted by molar-refractivity contribution is 5.93. The lowest BCUT2D eigenvalue weighted by Crippen LogP contribution is -2.39. The standard InChI is InChI=1S/C20H31N3O3/c1-14(2)17-7-6-15(3)11-18(17)26-13-19(24)22-9-10-23-20(25)16-5-4-8-21-12-16/h4-5,8,12,14-15,17-18H,6-7,9-11,13H2,1-3H3,(H,22,24)(H,23,25)/t15-,17-,18-/m1/s1. The van der Waals surface area contributed by atoms with E-state index in [1.165, 1.54) is 19.0 Å². The fourth-order valence-corrected chi connectivity index (χ4v) is 3.52. The molecule has 6 heteroatoms. The van der Waals surface area contributed by atoms with Crippen molar-refractivity contribution < 1.29 is 14.3 Å². The number of pyridine rings is 1. The van der Waals surface area contributed by atoms with Crippen molar-refractivity contribution in [2.45, 2.75) is 46.1 Å². The van der Waals surface area contributed by atoms with Crippen LogP contribution in [0.5, 0.6) is 0 Å². The van der Waals surface area contributed by atoms with Gasteiger partial charge in [-0.3, -0.25) is 14.6 Å². The quantitative estimate of drug-likeness (QED) is 0.697. The second kappa shape index (κ2) is 10.3. The van der Waals surface area contributed by atoms with Crippen LogP contribution in [0.3, 0.4) is 0 Å². The van der Waals surface area contributed by atoms with Gasteiger partial charge in [-0.1, -0.05) is 27.2 Å². The van der Waals surface area contributed by atoms with E-state index in [4.69, 9.17) is 4.74 Å². The minimum Gasteiger partial charge on any atom is -0.368 e. The molecule has 2 rings (SSSR count). The molecule has 0 radical (unpaired) electrons. The summed E-state index contributed by atoms with van der Waals surface area (Å²) >= 11 is 0. The van der Waals surface area contributed by atoms with Gasteiger partial charge >= 0.3 is 0 Å². The fourth-order valence-electron chi connectivity index (χ4n) is 3.52. The molecule has 0 bridgehead atoms. The highest BCUT2D eigenvalue weighted by atomic mass is 16.5. The fraction of sp³-hybridized carbons (Fsp3) is 0.650. The van der Waals surface area contributed by atoms with Gasteiger partial charge in [0.15, 0.2) is 0 Å².